The summed E-state index contributed by atoms with van der Waals surface area (Å²) in [4.78, 5) is 14.6. The number of fused-ring (bicyclic) bond motifs is 5. The third kappa shape index (κ3) is 1.56. The summed E-state index contributed by atoms with van der Waals surface area (Å²) in [5.74, 6) is -0.0353. The van der Waals surface area contributed by atoms with Crippen molar-refractivity contribution in [3.8, 4) is 11.3 Å². The van der Waals surface area contributed by atoms with Crippen LogP contribution in [0.1, 0.15) is 18.1 Å². The minimum Gasteiger partial charge on any atom is -0.354 e. The molecule has 3 aromatic rings. The molecule has 1 aliphatic rings. The fourth-order valence-corrected chi connectivity index (χ4v) is 3.07. The first-order valence-electron chi connectivity index (χ1n) is 6.73. The molecule has 4 rings (SSSR count). The summed E-state index contributed by atoms with van der Waals surface area (Å²) in [6, 6.07) is 14.5. The highest BCUT2D eigenvalue weighted by molar-refractivity contribution is 5.95. The lowest BCUT2D eigenvalue weighted by molar-refractivity contribution is -0.114. The second-order valence-corrected chi connectivity index (χ2v) is 5.25. The van der Waals surface area contributed by atoms with Gasteiger partial charge in [-0.15, -0.1) is 0 Å². The molecule has 0 fully saturated rings. The van der Waals surface area contributed by atoms with E-state index in [0.717, 1.165) is 12.1 Å². The smallest absolute Gasteiger partial charge is 0.221 e. The molecule has 1 heterocycles. The maximum atomic E-state index is 11.1. The van der Waals surface area contributed by atoms with Crippen molar-refractivity contribution in [2.45, 2.75) is 13.3 Å². The Bertz CT molecular complexity index is 845. The second kappa shape index (κ2) is 3.97. The predicted octanol–water partition coefficient (Wildman–Crippen LogP) is 3.70. The van der Waals surface area contributed by atoms with Crippen molar-refractivity contribution < 1.29 is 4.79 Å². The molecule has 0 radical (unpaired) electrons. The number of hydrogen-bond acceptors (Lipinski definition) is 1. The van der Waals surface area contributed by atoms with Crippen LogP contribution in [-0.4, -0.2) is 10.9 Å². The normalized spacial score (nSPS) is 12.2. The lowest BCUT2D eigenvalue weighted by Crippen LogP contribution is -2.05. The van der Waals surface area contributed by atoms with E-state index in [0.29, 0.717) is 0 Å². The van der Waals surface area contributed by atoms with Crippen LogP contribution in [0, 0.1) is 0 Å². The number of H-pyrrole nitrogens is 1. The van der Waals surface area contributed by atoms with Gasteiger partial charge in [-0.2, -0.15) is 0 Å². The zero-order valence-corrected chi connectivity index (χ0v) is 11.2. The molecule has 1 aliphatic carbocycles. The maximum absolute atomic E-state index is 11.1. The van der Waals surface area contributed by atoms with Crippen LogP contribution >= 0.6 is 0 Å². The van der Waals surface area contributed by atoms with Crippen molar-refractivity contribution in [1.82, 2.24) is 4.98 Å². The Morgan fingerprint density at radius 3 is 2.90 bits per heavy atom. The molecular weight excluding hydrogens is 248 g/mol. The molecule has 1 amide bonds. The van der Waals surface area contributed by atoms with Crippen molar-refractivity contribution in [2.75, 3.05) is 5.32 Å². The third-order valence-corrected chi connectivity index (χ3v) is 3.88. The Balaban J connectivity index is 1.85. The van der Waals surface area contributed by atoms with Crippen LogP contribution in [0.5, 0.6) is 0 Å². The van der Waals surface area contributed by atoms with Gasteiger partial charge in [-0.05, 0) is 29.3 Å². The summed E-state index contributed by atoms with van der Waals surface area (Å²) < 4.78 is 0. The summed E-state index contributed by atoms with van der Waals surface area (Å²) in [6.45, 7) is 1.53. The first-order valence-corrected chi connectivity index (χ1v) is 6.73. The number of aromatic amines is 1. The van der Waals surface area contributed by atoms with Crippen molar-refractivity contribution in [3.05, 3.63) is 53.6 Å². The SMILES string of the molecule is CC(=O)Nc1ccc2c(c1)Cc1c-2[nH]c2ccccc12. The summed E-state index contributed by atoms with van der Waals surface area (Å²) in [7, 11) is 0. The van der Waals surface area contributed by atoms with E-state index >= 15 is 0 Å². The average Bonchev–Trinajstić information content (AvgIpc) is 2.93. The Hall–Kier alpha value is -2.55. The molecule has 1 aromatic heterocycles. The molecule has 98 valence electrons. The number of aromatic nitrogens is 1. The van der Waals surface area contributed by atoms with E-state index in [1.165, 1.54) is 40.2 Å². The van der Waals surface area contributed by atoms with Gasteiger partial charge in [-0.3, -0.25) is 4.79 Å². The van der Waals surface area contributed by atoms with E-state index in [-0.39, 0.29) is 5.91 Å². The molecule has 3 heteroatoms. The first-order chi connectivity index (χ1) is 9.72. The van der Waals surface area contributed by atoms with Crippen LogP contribution in [0.15, 0.2) is 42.5 Å². The number of anilines is 1. The summed E-state index contributed by atoms with van der Waals surface area (Å²) in [5.41, 5.74) is 7.14. The maximum Gasteiger partial charge on any atom is 0.221 e. The molecule has 0 bridgehead atoms. The Labute approximate surface area is 116 Å². The van der Waals surface area contributed by atoms with Gasteiger partial charge in [0.2, 0.25) is 5.91 Å². The summed E-state index contributed by atoms with van der Waals surface area (Å²) >= 11 is 0. The molecular formula is C17H14N2O. The van der Waals surface area contributed by atoms with Gasteiger partial charge in [0.25, 0.3) is 0 Å². The summed E-state index contributed by atoms with van der Waals surface area (Å²) in [6.07, 6.45) is 0.919. The van der Waals surface area contributed by atoms with Gasteiger partial charge in [0.1, 0.15) is 0 Å². The molecule has 2 aromatic carbocycles. The second-order valence-electron chi connectivity index (χ2n) is 5.25. The number of benzene rings is 2. The van der Waals surface area contributed by atoms with Crippen molar-refractivity contribution in [3.63, 3.8) is 0 Å². The number of hydrogen-bond donors (Lipinski definition) is 2. The topological polar surface area (TPSA) is 44.9 Å². The van der Waals surface area contributed by atoms with Gasteiger partial charge in [-0.1, -0.05) is 24.3 Å². The van der Waals surface area contributed by atoms with Crippen molar-refractivity contribution >= 4 is 22.5 Å². The highest BCUT2D eigenvalue weighted by Gasteiger charge is 2.22. The molecule has 0 spiro atoms. The monoisotopic (exact) mass is 262 g/mol. The molecule has 0 saturated carbocycles. The zero-order valence-electron chi connectivity index (χ0n) is 11.2. The minimum atomic E-state index is -0.0353. The van der Waals surface area contributed by atoms with Crippen LogP contribution in [0.4, 0.5) is 5.69 Å². The van der Waals surface area contributed by atoms with E-state index in [1.807, 2.05) is 6.07 Å². The van der Waals surface area contributed by atoms with Crippen LogP contribution < -0.4 is 5.32 Å². The highest BCUT2D eigenvalue weighted by Crippen LogP contribution is 2.41. The van der Waals surface area contributed by atoms with Crippen LogP contribution in [0.25, 0.3) is 22.2 Å². The van der Waals surface area contributed by atoms with Crippen molar-refractivity contribution in [1.29, 1.82) is 0 Å². The van der Waals surface area contributed by atoms with E-state index < -0.39 is 0 Å². The van der Waals surface area contributed by atoms with Gasteiger partial charge < -0.3 is 10.3 Å². The van der Waals surface area contributed by atoms with E-state index in [4.69, 9.17) is 0 Å². The number of amides is 1. The lowest BCUT2D eigenvalue weighted by Gasteiger charge is -2.05. The van der Waals surface area contributed by atoms with Crippen LogP contribution in [0.3, 0.4) is 0 Å². The molecule has 20 heavy (non-hydrogen) atoms. The quantitative estimate of drug-likeness (QED) is 0.540. The largest absolute Gasteiger partial charge is 0.354 e. The van der Waals surface area contributed by atoms with E-state index in [1.54, 1.807) is 0 Å². The van der Waals surface area contributed by atoms with E-state index in [2.05, 4.69) is 46.7 Å². The number of para-hydroxylation sites is 1. The van der Waals surface area contributed by atoms with E-state index in [9.17, 15) is 4.79 Å². The molecule has 0 aliphatic heterocycles. The van der Waals surface area contributed by atoms with Crippen LogP contribution in [0.2, 0.25) is 0 Å². The van der Waals surface area contributed by atoms with Gasteiger partial charge in [0.15, 0.2) is 0 Å². The number of carbonyl (C=O) groups is 1. The lowest BCUT2D eigenvalue weighted by atomic mass is 10.1. The fourth-order valence-electron chi connectivity index (χ4n) is 3.07. The molecule has 0 unspecified atom stereocenters. The Kier molecular flexibility index (Phi) is 2.24. The predicted molar refractivity (Wildman–Crippen MR) is 80.8 cm³/mol. The third-order valence-electron chi connectivity index (χ3n) is 3.88. The fraction of sp³-hybridized carbons (Fsp3) is 0.118. The Morgan fingerprint density at radius 2 is 2.05 bits per heavy atom. The molecule has 0 saturated heterocycles. The van der Waals surface area contributed by atoms with Crippen LogP contribution in [-0.2, 0) is 11.2 Å². The number of carbonyl (C=O) groups excluding carboxylic acids is 1. The standard InChI is InChI=1S/C17H14N2O/c1-10(20)18-12-6-7-13-11(8-12)9-15-14-4-2-3-5-16(14)19-17(13)15/h2-8,19H,9H2,1H3,(H,18,20). The van der Waals surface area contributed by atoms with Gasteiger partial charge in [0, 0.05) is 35.5 Å². The summed E-state index contributed by atoms with van der Waals surface area (Å²) in [5, 5.41) is 4.13. The highest BCUT2D eigenvalue weighted by atomic mass is 16.1. The number of rotatable bonds is 1. The van der Waals surface area contributed by atoms with Gasteiger partial charge in [0.05, 0.1) is 5.69 Å². The molecule has 0 atom stereocenters. The first kappa shape index (κ1) is 11.3. The van der Waals surface area contributed by atoms with Crippen molar-refractivity contribution in [2.24, 2.45) is 0 Å². The molecule has 3 nitrogen and oxygen atoms in total. The Morgan fingerprint density at radius 1 is 1.20 bits per heavy atom. The minimum absolute atomic E-state index is 0.0353. The van der Waals surface area contributed by atoms with Gasteiger partial charge in [-0.25, -0.2) is 0 Å². The van der Waals surface area contributed by atoms with Gasteiger partial charge >= 0.3 is 0 Å². The molecule has 2 N–H and O–H groups in total. The number of nitrogens with one attached hydrogen (secondary N) is 2. The zero-order chi connectivity index (χ0) is 13.7. The average molecular weight is 262 g/mol.